The second kappa shape index (κ2) is 11.2. The Balaban J connectivity index is 1.50. The third-order valence-electron chi connectivity index (χ3n) is 7.05. The molecule has 3 aromatic carbocycles. The maximum absolute atomic E-state index is 14.0. The molecular weight excluding hydrogens is 576 g/mol. The first-order chi connectivity index (χ1) is 20.4. The van der Waals surface area contributed by atoms with Gasteiger partial charge < -0.3 is 19.7 Å². The molecule has 3 heterocycles. The molecule has 2 amide bonds. The van der Waals surface area contributed by atoms with Crippen molar-refractivity contribution in [1.29, 1.82) is 0 Å². The van der Waals surface area contributed by atoms with Gasteiger partial charge in [0.15, 0.2) is 5.69 Å². The first-order valence-electron chi connectivity index (χ1n) is 12.9. The molecule has 0 spiro atoms. The number of esters is 1. The molecule has 5 aromatic rings. The maximum Gasteiger partial charge on any atom is 0.356 e. The zero-order valence-corrected chi connectivity index (χ0v) is 24.0. The van der Waals surface area contributed by atoms with E-state index in [9.17, 15) is 14.4 Å². The Bertz CT molecular complexity index is 1860. The largest absolute Gasteiger partial charge is 0.497 e. The van der Waals surface area contributed by atoms with E-state index in [1.165, 1.54) is 24.7 Å². The Morgan fingerprint density at radius 3 is 2.50 bits per heavy atom. The summed E-state index contributed by atoms with van der Waals surface area (Å²) in [4.78, 5) is 46.3. The van der Waals surface area contributed by atoms with Crippen molar-refractivity contribution in [3.8, 4) is 5.75 Å². The Hall–Kier alpha value is -4.80. The van der Waals surface area contributed by atoms with Gasteiger partial charge >= 0.3 is 5.97 Å². The molecule has 0 saturated heterocycles. The van der Waals surface area contributed by atoms with Crippen molar-refractivity contribution < 1.29 is 23.9 Å². The first kappa shape index (κ1) is 27.4. The highest BCUT2D eigenvalue weighted by molar-refractivity contribution is 7.13. The first-order valence-corrected chi connectivity index (χ1v) is 14.0. The lowest BCUT2D eigenvalue weighted by Gasteiger charge is -2.27. The zero-order chi connectivity index (χ0) is 29.4. The van der Waals surface area contributed by atoms with Crippen LogP contribution in [0.3, 0.4) is 0 Å². The predicted octanol–water partition coefficient (Wildman–Crippen LogP) is 6.14. The number of carbonyl (C=O) groups is 3. The van der Waals surface area contributed by atoms with Crippen LogP contribution in [0.25, 0.3) is 10.1 Å². The van der Waals surface area contributed by atoms with E-state index in [1.807, 2.05) is 60.7 Å². The van der Waals surface area contributed by atoms with Gasteiger partial charge in [-0.25, -0.2) is 9.78 Å². The lowest BCUT2D eigenvalue weighted by molar-refractivity contribution is 0.0593. The van der Waals surface area contributed by atoms with Crippen molar-refractivity contribution in [2.45, 2.75) is 12.6 Å². The van der Waals surface area contributed by atoms with Crippen LogP contribution < -0.4 is 10.1 Å². The zero-order valence-electron chi connectivity index (χ0n) is 22.5. The van der Waals surface area contributed by atoms with Gasteiger partial charge in [-0.05, 0) is 53.0 Å². The summed E-state index contributed by atoms with van der Waals surface area (Å²) in [5.41, 5.74) is 2.26. The number of nitrogens with one attached hydrogen (secondary N) is 1. The van der Waals surface area contributed by atoms with Crippen LogP contribution in [0, 0.1) is 0 Å². The monoisotopic (exact) mass is 598 g/mol. The number of nitrogens with zero attached hydrogens (tertiary/aromatic N) is 3. The average molecular weight is 599 g/mol. The third-order valence-corrected chi connectivity index (χ3v) is 8.22. The molecule has 1 aliphatic rings. The van der Waals surface area contributed by atoms with E-state index in [2.05, 4.69) is 14.7 Å². The second-order valence-corrected chi connectivity index (χ2v) is 10.7. The molecule has 1 aliphatic heterocycles. The van der Waals surface area contributed by atoms with Crippen molar-refractivity contribution in [3.05, 3.63) is 118 Å². The number of fused-ring (bicyclic) bond motifs is 2. The highest BCUT2D eigenvalue weighted by atomic mass is 35.5. The molecule has 0 aliphatic carbocycles. The van der Waals surface area contributed by atoms with Crippen molar-refractivity contribution in [1.82, 2.24) is 14.3 Å². The number of methoxy groups -OCH3 is 2. The molecule has 1 unspecified atom stereocenters. The number of ether oxygens (including phenoxy) is 2. The Morgan fingerprint density at radius 2 is 1.76 bits per heavy atom. The normalized spacial score (nSPS) is 14.1. The van der Waals surface area contributed by atoms with E-state index < -0.39 is 23.8 Å². The van der Waals surface area contributed by atoms with Gasteiger partial charge in [0.1, 0.15) is 17.1 Å². The highest BCUT2D eigenvalue weighted by Crippen LogP contribution is 2.45. The average Bonchev–Trinajstić information content (AvgIpc) is 3.57. The molecule has 0 bridgehead atoms. The van der Waals surface area contributed by atoms with Gasteiger partial charge in [0.05, 0.1) is 30.6 Å². The molecule has 0 saturated carbocycles. The van der Waals surface area contributed by atoms with Crippen molar-refractivity contribution >= 4 is 56.7 Å². The molecule has 210 valence electrons. The summed E-state index contributed by atoms with van der Waals surface area (Å²) in [6, 6.07) is 22.6. The minimum Gasteiger partial charge on any atom is -0.497 e. The van der Waals surface area contributed by atoms with Crippen LogP contribution in [0.2, 0.25) is 5.02 Å². The molecule has 1 atom stereocenters. The SMILES string of the molecule is COC(=O)c1cc(NC(=O)c2nsc3ccccc23)c2c(n1)C(=O)N(Cc1ccc(OC)cc1)C2c1ccccc1Cl. The van der Waals surface area contributed by atoms with Crippen LogP contribution in [0.5, 0.6) is 5.75 Å². The second-order valence-electron chi connectivity index (χ2n) is 9.50. The van der Waals surface area contributed by atoms with Gasteiger partial charge in [-0.2, -0.15) is 4.37 Å². The smallest absolute Gasteiger partial charge is 0.356 e. The number of carbonyl (C=O) groups excluding carboxylic acids is 3. The topological polar surface area (TPSA) is 111 Å². The van der Waals surface area contributed by atoms with Crippen LogP contribution in [-0.4, -0.2) is 46.3 Å². The summed E-state index contributed by atoms with van der Waals surface area (Å²) in [7, 11) is 2.80. The molecule has 0 fully saturated rings. The number of anilines is 1. The standard InChI is InChI=1S/C31H23ClN4O5S/c1-40-18-13-11-17(12-14-18)16-36-28(19-7-3-5-9-21(19)32)25-22(15-23(31(39)41-2)33-27(25)30(36)38)34-29(37)26-20-8-4-6-10-24(20)42-35-26/h3-15,28H,16H2,1-2H3,(H,33,34,37). The molecule has 1 N–H and O–H groups in total. The number of rotatable bonds is 7. The van der Waals surface area contributed by atoms with Crippen LogP contribution in [0.15, 0.2) is 78.9 Å². The Morgan fingerprint density at radius 1 is 1.02 bits per heavy atom. The lowest BCUT2D eigenvalue weighted by atomic mass is 9.97. The number of halogens is 1. The quantitative estimate of drug-likeness (QED) is 0.224. The van der Waals surface area contributed by atoms with E-state index >= 15 is 0 Å². The lowest BCUT2D eigenvalue weighted by Crippen LogP contribution is -2.28. The van der Waals surface area contributed by atoms with Gasteiger partial charge in [0.25, 0.3) is 11.8 Å². The molecule has 6 rings (SSSR count). The van der Waals surface area contributed by atoms with E-state index in [0.717, 1.165) is 10.3 Å². The fourth-order valence-corrected chi connectivity index (χ4v) is 6.07. The van der Waals surface area contributed by atoms with Gasteiger partial charge in [0, 0.05) is 22.5 Å². The van der Waals surface area contributed by atoms with E-state index in [-0.39, 0.29) is 29.3 Å². The molecule has 11 heteroatoms. The fraction of sp³-hybridized carbons (Fsp3) is 0.129. The van der Waals surface area contributed by atoms with E-state index in [1.54, 1.807) is 24.1 Å². The van der Waals surface area contributed by atoms with Crippen LogP contribution >= 0.6 is 23.1 Å². The fourth-order valence-electron chi connectivity index (χ4n) is 5.06. The molecule has 9 nitrogen and oxygen atoms in total. The van der Waals surface area contributed by atoms with E-state index in [0.29, 0.717) is 27.3 Å². The predicted molar refractivity (Wildman–Crippen MR) is 159 cm³/mol. The van der Waals surface area contributed by atoms with Gasteiger partial charge in [0.2, 0.25) is 0 Å². The number of benzene rings is 3. The number of pyridine rings is 1. The molecule has 0 radical (unpaired) electrons. The number of aromatic nitrogens is 2. The van der Waals surface area contributed by atoms with Crippen molar-refractivity contribution in [2.75, 3.05) is 19.5 Å². The van der Waals surface area contributed by atoms with Gasteiger partial charge in [-0.1, -0.05) is 60.1 Å². The van der Waals surface area contributed by atoms with Crippen LogP contribution in [0.4, 0.5) is 5.69 Å². The van der Waals surface area contributed by atoms with Crippen LogP contribution in [-0.2, 0) is 11.3 Å². The maximum atomic E-state index is 14.0. The summed E-state index contributed by atoms with van der Waals surface area (Å²) < 4.78 is 15.4. The minimum atomic E-state index is -0.747. The molecular formula is C31H23ClN4O5S. The summed E-state index contributed by atoms with van der Waals surface area (Å²) in [6.07, 6.45) is 0. The summed E-state index contributed by atoms with van der Waals surface area (Å²) in [6.45, 7) is 0.201. The summed E-state index contributed by atoms with van der Waals surface area (Å²) in [5, 5.41) is 4.04. The molecule has 42 heavy (non-hydrogen) atoms. The third kappa shape index (κ3) is 4.84. The van der Waals surface area contributed by atoms with Crippen LogP contribution in [0.1, 0.15) is 54.2 Å². The Labute approximate surface area is 249 Å². The molecule has 2 aromatic heterocycles. The van der Waals surface area contributed by atoms with Gasteiger partial charge in [-0.3, -0.25) is 9.59 Å². The van der Waals surface area contributed by atoms with Crippen molar-refractivity contribution in [3.63, 3.8) is 0 Å². The van der Waals surface area contributed by atoms with E-state index in [4.69, 9.17) is 21.1 Å². The number of amides is 2. The minimum absolute atomic E-state index is 0.0229. The van der Waals surface area contributed by atoms with Gasteiger partial charge in [-0.15, -0.1) is 0 Å². The Kier molecular flexibility index (Phi) is 7.32. The number of hydrogen-bond donors (Lipinski definition) is 1. The van der Waals surface area contributed by atoms with Crippen molar-refractivity contribution in [2.24, 2.45) is 0 Å². The highest BCUT2D eigenvalue weighted by Gasteiger charge is 2.43. The summed E-state index contributed by atoms with van der Waals surface area (Å²) >= 11 is 7.90. The summed E-state index contributed by atoms with van der Waals surface area (Å²) in [5.74, 6) is -0.980. The number of hydrogen-bond acceptors (Lipinski definition) is 8.